The highest BCUT2D eigenvalue weighted by Gasteiger charge is 2.27. The van der Waals surface area contributed by atoms with E-state index in [0.717, 1.165) is 86.2 Å². The van der Waals surface area contributed by atoms with Crippen LogP contribution in [0.15, 0.2) is 83.9 Å². The van der Waals surface area contributed by atoms with Crippen LogP contribution >= 0.6 is 0 Å². The molecule has 3 amide bonds. The number of carbonyl (C=O) groups is 3. The molecule has 0 aliphatic carbocycles. The molecule has 5 heterocycles. The summed E-state index contributed by atoms with van der Waals surface area (Å²) in [6, 6.07) is 21.4. The average molecular weight is 747 g/mol. The van der Waals surface area contributed by atoms with Gasteiger partial charge in [-0.25, -0.2) is 9.78 Å². The zero-order chi connectivity index (χ0) is 39.1. The Morgan fingerprint density at radius 1 is 0.946 bits per heavy atom. The van der Waals surface area contributed by atoms with Crippen molar-refractivity contribution < 1.29 is 14.4 Å². The minimum absolute atomic E-state index is 0.0484. The Labute approximate surface area is 324 Å². The molecule has 3 aromatic heterocycles. The van der Waals surface area contributed by atoms with Crippen LogP contribution in [0.4, 0.5) is 11.4 Å². The molecule has 12 nitrogen and oxygen atoms in total. The molecule has 12 heteroatoms. The van der Waals surface area contributed by atoms with Gasteiger partial charge in [0.05, 0.1) is 29.0 Å². The van der Waals surface area contributed by atoms with Gasteiger partial charge in [0.2, 0.25) is 11.8 Å². The fourth-order valence-electron chi connectivity index (χ4n) is 7.50. The van der Waals surface area contributed by atoms with Crippen LogP contribution in [-0.2, 0) is 23.7 Å². The van der Waals surface area contributed by atoms with Crippen molar-refractivity contribution in [1.29, 1.82) is 0 Å². The van der Waals surface area contributed by atoms with Gasteiger partial charge in [-0.3, -0.25) is 33.8 Å². The lowest BCUT2D eigenvalue weighted by Crippen LogP contribution is -2.47. The summed E-state index contributed by atoms with van der Waals surface area (Å²) in [7, 11) is 3.64. The van der Waals surface area contributed by atoms with Crippen LogP contribution in [0.3, 0.4) is 0 Å². The number of benzene rings is 3. The monoisotopic (exact) mass is 746 g/mol. The smallest absolute Gasteiger partial charge is 0.328 e. The summed E-state index contributed by atoms with van der Waals surface area (Å²) >= 11 is 0. The third-order valence-electron chi connectivity index (χ3n) is 10.7. The van der Waals surface area contributed by atoms with Crippen molar-refractivity contribution in [2.45, 2.75) is 45.1 Å². The Balaban J connectivity index is 1.02. The minimum atomic E-state index is -0.488. The number of hydrogen-bond donors (Lipinski definition) is 3. The van der Waals surface area contributed by atoms with Gasteiger partial charge in [-0.15, -0.1) is 0 Å². The third-order valence-corrected chi connectivity index (χ3v) is 10.7. The van der Waals surface area contributed by atoms with Gasteiger partial charge in [-0.1, -0.05) is 50.0 Å². The zero-order valence-electron chi connectivity index (χ0n) is 31.8. The molecule has 0 spiro atoms. The molecule has 2 saturated heterocycles. The number of aromatic nitrogens is 4. The highest BCUT2D eigenvalue weighted by molar-refractivity contribution is 6.02. The highest BCUT2D eigenvalue weighted by Crippen LogP contribution is 2.36. The molecular formula is C44H42N8O4. The van der Waals surface area contributed by atoms with Gasteiger partial charge in [-0.05, 0) is 83.3 Å². The summed E-state index contributed by atoms with van der Waals surface area (Å²) in [6.45, 7) is 6.07. The quantitative estimate of drug-likeness (QED) is 0.137. The summed E-state index contributed by atoms with van der Waals surface area (Å²) in [6.07, 6.45) is 5.35. The molecule has 6 aromatic rings. The van der Waals surface area contributed by atoms with E-state index in [1.54, 1.807) is 15.3 Å². The van der Waals surface area contributed by atoms with Gasteiger partial charge < -0.3 is 15.5 Å². The predicted molar refractivity (Wildman–Crippen MR) is 218 cm³/mol. The van der Waals surface area contributed by atoms with Gasteiger partial charge in [0, 0.05) is 68.2 Å². The van der Waals surface area contributed by atoms with Crippen LogP contribution in [0, 0.1) is 11.8 Å². The van der Waals surface area contributed by atoms with Gasteiger partial charge in [0.25, 0.3) is 5.91 Å². The van der Waals surface area contributed by atoms with Crippen LogP contribution in [0.2, 0.25) is 0 Å². The lowest BCUT2D eigenvalue weighted by atomic mass is 9.93. The molecule has 56 heavy (non-hydrogen) atoms. The van der Waals surface area contributed by atoms with E-state index in [1.807, 2.05) is 56.7 Å². The molecule has 2 fully saturated rings. The van der Waals surface area contributed by atoms with Crippen molar-refractivity contribution in [3.63, 3.8) is 0 Å². The summed E-state index contributed by atoms with van der Waals surface area (Å²) in [5.41, 5.74) is 9.07. The van der Waals surface area contributed by atoms with Crippen molar-refractivity contribution in [3.05, 3.63) is 106 Å². The van der Waals surface area contributed by atoms with E-state index in [9.17, 15) is 19.2 Å². The maximum absolute atomic E-state index is 13.5. The molecule has 2 aliphatic heterocycles. The number of hydrogen-bond acceptors (Lipinski definition) is 8. The Hall–Kier alpha value is -6.74. The fourth-order valence-corrected chi connectivity index (χ4v) is 7.50. The van der Waals surface area contributed by atoms with Crippen LogP contribution in [0.1, 0.15) is 60.6 Å². The van der Waals surface area contributed by atoms with Crippen molar-refractivity contribution in [2.75, 3.05) is 29.9 Å². The second-order valence-corrected chi connectivity index (χ2v) is 14.7. The van der Waals surface area contributed by atoms with E-state index in [2.05, 4.69) is 81.9 Å². The molecule has 0 bridgehead atoms. The van der Waals surface area contributed by atoms with Crippen molar-refractivity contribution in [3.8, 4) is 34.2 Å². The third kappa shape index (κ3) is 6.88. The Bertz CT molecular complexity index is 2700. The van der Waals surface area contributed by atoms with Gasteiger partial charge in [-0.2, -0.15) is 0 Å². The van der Waals surface area contributed by atoms with E-state index < -0.39 is 6.04 Å². The van der Waals surface area contributed by atoms with Crippen LogP contribution < -0.4 is 26.5 Å². The van der Waals surface area contributed by atoms with Crippen LogP contribution in [0.25, 0.3) is 44.2 Å². The normalized spacial score (nSPS) is 15.4. The predicted octanol–water partition coefficient (Wildman–Crippen LogP) is 5.49. The molecule has 1 atom stereocenters. The summed E-state index contributed by atoms with van der Waals surface area (Å²) < 4.78 is 3.44. The number of amides is 3. The van der Waals surface area contributed by atoms with Crippen molar-refractivity contribution >= 4 is 50.9 Å². The number of rotatable bonds is 8. The van der Waals surface area contributed by atoms with Crippen molar-refractivity contribution in [2.24, 2.45) is 14.1 Å². The standard InChI is InChI=1S/C44H42N8O4/c1-26(2)33-20-29(22-38-41(33)51(4)44(56)50(38)3)32-13-6-11-28-21-36(46-25-34(28)32)30-23-37(52-17-8-18-52)40(47-24-30)43(55)45-16-7-10-27-9-5-12-31(19-27)48-35-14-15-39(53)49-42(35)54/h5-6,9,11-13,19-26,35,48H,8,14-18H2,1-4H3,(H,45,55)(H,49,53,54). The Morgan fingerprint density at radius 3 is 2.54 bits per heavy atom. The largest absolute Gasteiger partial charge is 0.374 e. The molecule has 3 aromatic carbocycles. The molecule has 1 unspecified atom stereocenters. The molecule has 2 aliphatic rings. The zero-order valence-corrected chi connectivity index (χ0v) is 31.8. The average Bonchev–Trinajstić information content (AvgIpc) is 3.39. The number of nitrogens with one attached hydrogen (secondary N) is 3. The SMILES string of the molecule is CC(C)c1cc(-c2cccc3cc(-c4cnc(C(=O)NCC#Cc5cccc(NC6CCC(=O)NC6=O)c5)c(N5CCC5)c4)ncc23)cc2c1n(C)c(=O)n2C. The first-order valence-corrected chi connectivity index (χ1v) is 18.9. The molecule has 282 valence electrons. The second kappa shape index (κ2) is 14.8. The Kier molecular flexibility index (Phi) is 9.60. The number of carbonyl (C=O) groups excluding carboxylic acids is 3. The number of nitrogens with zero attached hydrogens (tertiary/aromatic N) is 5. The lowest BCUT2D eigenvalue weighted by Gasteiger charge is -2.34. The first kappa shape index (κ1) is 36.2. The van der Waals surface area contributed by atoms with E-state index >= 15 is 0 Å². The Morgan fingerprint density at radius 2 is 1.77 bits per heavy atom. The maximum atomic E-state index is 13.5. The maximum Gasteiger partial charge on any atom is 0.328 e. The van der Waals surface area contributed by atoms with E-state index in [1.165, 1.54) is 0 Å². The number of pyridine rings is 2. The van der Waals surface area contributed by atoms with Crippen LogP contribution in [-0.4, -0.2) is 62.5 Å². The molecule has 3 N–H and O–H groups in total. The second-order valence-electron chi connectivity index (χ2n) is 14.7. The minimum Gasteiger partial charge on any atom is -0.374 e. The van der Waals surface area contributed by atoms with Gasteiger partial charge in [0.1, 0.15) is 6.04 Å². The van der Waals surface area contributed by atoms with Gasteiger partial charge in [0.15, 0.2) is 5.69 Å². The first-order chi connectivity index (χ1) is 27.0. The summed E-state index contributed by atoms with van der Waals surface area (Å²) in [5, 5.41) is 10.4. The first-order valence-electron chi connectivity index (χ1n) is 18.9. The number of imidazole rings is 1. The topological polar surface area (TPSA) is 143 Å². The molecular weight excluding hydrogens is 705 g/mol. The molecule has 0 radical (unpaired) electrons. The van der Waals surface area contributed by atoms with Gasteiger partial charge >= 0.3 is 5.69 Å². The number of fused-ring (bicyclic) bond motifs is 2. The fraction of sp³-hybridized carbons (Fsp3) is 0.273. The lowest BCUT2D eigenvalue weighted by molar-refractivity contribution is -0.133. The summed E-state index contributed by atoms with van der Waals surface area (Å²) in [5.74, 6) is 5.40. The number of aryl methyl sites for hydroxylation is 2. The van der Waals surface area contributed by atoms with Crippen molar-refractivity contribution in [1.82, 2.24) is 29.7 Å². The highest BCUT2D eigenvalue weighted by atomic mass is 16.2. The number of imide groups is 1. The molecule has 8 rings (SSSR count). The molecule has 0 saturated carbocycles. The number of piperidine rings is 1. The number of anilines is 2. The van der Waals surface area contributed by atoms with E-state index in [-0.39, 0.29) is 35.9 Å². The van der Waals surface area contributed by atoms with Crippen LogP contribution in [0.5, 0.6) is 0 Å². The van der Waals surface area contributed by atoms with E-state index in [4.69, 9.17) is 4.98 Å². The summed E-state index contributed by atoms with van der Waals surface area (Å²) in [4.78, 5) is 61.7. The van der Waals surface area contributed by atoms with E-state index in [0.29, 0.717) is 18.5 Å².